The molecule has 2 aromatic rings. The Balaban J connectivity index is 2.05. The predicted octanol–water partition coefficient (Wildman–Crippen LogP) is 1.97. The molecule has 1 aromatic heterocycles. The number of aromatic nitrogens is 2. The summed E-state index contributed by atoms with van der Waals surface area (Å²) in [5, 5.41) is 3.04. The van der Waals surface area contributed by atoms with Crippen LogP contribution in [0, 0.1) is 5.82 Å². The molecule has 2 rings (SSSR count). The van der Waals surface area contributed by atoms with Gasteiger partial charge in [-0.25, -0.2) is 14.4 Å². The molecule has 0 aliphatic carbocycles. The van der Waals surface area contributed by atoms with E-state index in [1.807, 2.05) is 25.1 Å². The maximum Gasteiger partial charge on any atom is 0.225 e. The minimum Gasteiger partial charge on any atom is -0.340 e. The van der Waals surface area contributed by atoms with Gasteiger partial charge in [-0.3, -0.25) is 0 Å². The Morgan fingerprint density at radius 3 is 2.58 bits per heavy atom. The Hall–Kier alpha value is -2.01. The first-order valence-corrected chi connectivity index (χ1v) is 6.10. The van der Waals surface area contributed by atoms with E-state index in [9.17, 15) is 4.39 Å². The molecule has 0 atom stereocenters. The number of benzene rings is 1. The number of nitrogens with zero attached hydrogens (tertiary/aromatic N) is 3. The zero-order valence-electron chi connectivity index (χ0n) is 11.1. The van der Waals surface area contributed by atoms with Crippen molar-refractivity contribution in [3.05, 3.63) is 53.6 Å². The van der Waals surface area contributed by atoms with Gasteiger partial charge in [0.2, 0.25) is 5.95 Å². The van der Waals surface area contributed by atoms with E-state index in [0.717, 1.165) is 17.7 Å². The molecule has 1 heterocycles. The molecular formula is C14H17FN4. The molecule has 1 N–H and O–H groups in total. The Bertz CT molecular complexity index is 527. The third-order valence-corrected chi connectivity index (χ3v) is 2.72. The van der Waals surface area contributed by atoms with E-state index >= 15 is 0 Å². The summed E-state index contributed by atoms with van der Waals surface area (Å²) in [6.45, 7) is 1.32. The van der Waals surface area contributed by atoms with Crippen LogP contribution < -0.4 is 10.2 Å². The Labute approximate surface area is 112 Å². The minimum absolute atomic E-state index is 0.226. The molecule has 100 valence electrons. The van der Waals surface area contributed by atoms with Crippen LogP contribution in [0.15, 0.2) is 36.7 Å². The normalized spacial score (nSPS) is 10.5. The summed E-state index contributed by atoms with van der Waals surface area (Å²) in [6, 6.07) is 6.54. The zero-order valence-corrected chi connectivity index (χ0v) is 11.1. The first-order chi connectivity index (χ1) is 9.19. The number of halogens is 1. The smallest absolute Gasteiger partial charge is 0.225 e. The molecule has 1 aromatic carbocycles. The lowest BCUT2D eigenvalue weighted by Gasteiger charge is -2.17. The quantitative estimate of drug-likeness (QED) is 0.892. The van der Waals surface area contributed by atoms with E-state index in [0.29, 0.717) is 12.5 Å². The highest BCUT2D eigenvalue weighted by Crippen LogP contribution is 2.11. The van der Waals surface area contributed by atoms with Gasteiger partial charge in [-0.15, -0.1) is 0 Å². The summed E-state index contributed by atoms with van der Waals surface area (Å²) in [5.74, 6) is 0.403. The molecule has 19 heavy (non-hydrogen) atoms. The van der Waals surface area contributed by atoms with Gasteiger partial charge in [0.05, 0.1) is 0 Å². The first kappa shape index (κ1) is 13.4. The molecular weight excluding hydrogens is 243 g/mol. The summed E-state index contributed by atoms with van der Waals surface area (Å²) in [7, 11) is 3.77. The van der Waals surface area contributed by atoms with Crippen molar-refractivity contribution in [3.8, 4) is 0 Å². The summed E-state index contributed by atoms with van der Waals surface area (Å²) in [6.07, 6.45) is 3.59. The maximum atomic E-state index is 13.1. The van der Waals surface area contributed by atoms with Crippen molar-refractivity contribution in [2.75, 3.05) is 19.0 Å². The molecule has 0 aliphatic heterocycles. The van der Waals surface area contributed by atoms with Gasteiger partial charge < -0.3 is 10.2 Å². The van der Waals surface area contributed by atoms with Gasteiger partial charge in [-0.1, -0.05) is 12.1 Å². The largest absolute Gasteiger partial charge is 0.340 e. The molecule has 0 fully saturated rings. The van der Waals surface area contributed by atoms with Crippen LogP contribution in [0.1, 0.15) is 11.1 Å². The number of nitrogens with one attached hydrogen (secondary N) is 1. The molecule has 0 radical (unpaired) electrons. The van der Waals surface area contributed by atoms with Gasteiger partial charge in [0.25, 0.3) is 0 Å². The predicted molar refractivity (Wildman–Crippen MR) is 73.3 cm³/mol. The van der Waals surface area contributed by atoms with Crippen LogP contribution in [0.3, 0.4) is 0 Å². The fourth-order valence-electron chi connectivity index (χ4n) is 1.82. The van der Waals surface area contributed by atoms with Crippen LogP contribution in [-0.2, 0) is 13.1 Å². The summed E-state index contributed by atoms with van der Waals surface area (Å²) in [5.41, 5.74) is 1.93. The van der Waals surface area contributed by atoms with Gasteiger partial charge in [-0.05, 0) is 24.7 Å². The Morgan fingerprint density at radius 2 is 1.95 bits per heavy atom. The number of anilines is 1. The van der Waals surface area contributed by atoms with E-state index in [4.69, 9.17) is 0 Å². The summed E-state index contributed by atoms with van der Waals surface area (Å²) in [4.78, 5) is 10.5. The molecule has 0 saturated heterocycles. The third-order valence-electron chi connectivity index (χ3n) is 2.72. The fourth-order valence-corrected chi connectivity index (χ4v) is 1.82. The molecule has 0 unspecified atom stereocenters. The number of rotatable bonds is 5. The van der Waals surface area contributed by atoms with E-state index in [-0.39, 0.29) is 5.82 Å². The highest BCUT2D eigenvalue weighted by Gasteiger charge is 2.05. The zero-order chi connectivity index (χ0) is 13.7. The maximum absolute atomic E-state index is 13.1. The van der Waals surface area contributed by atoms with Crippen molar-refractivity contribution in [1.82, 2.24) is 15.3 Å². The molecule has 0 spiro atoms. The van der Waals surface area contributed by atoms with Crippen LogP contribution in [0.4, 0.5) is 10.3 Å². The van der Waals surface area contributed by atoms with Gasteiger partial charge >= 0.3 is 0 Å². The molecule has 0 bridgehead atoms. The topological polar surface area (TPSA) is 41.1 Å². The van der Waals surface area contributed by atoms with Crippen LogP contribution in [0.2, 0.25) is 0 Å². The van der Waals surface area contributed by atoms with Crippen LogP contribution in [0.5, 0.6) is 0 Å². The van der Waals surface area contributed by atoms with Gasteiger partial charge in [0.15, 0.2) is 0 Å². The SMILES string of the molecule is CNCc1cnc(N(C)Cc2cccc(F)c2)nc1. The molecule has 0 saturated carbocycles. The molecule has 5 heteroatoms. The molecule has 4 nitrogen and oxygen atoms in total. The molecule has 0 amide bonds. The van der Waals surface area contributed by atoms with E-state index in [1.54, 1.807) is 18.5 Å². The van der Waals surface area contributed by atoms with Crippen LogP contribution >= 0.6 is 0 Å². The van der Waals surface area contributed by atoms with Crippen LogP contribution in [-0.4, -0.2) is 24.1 Å². The van der Waals surface area contributed by atoms with Gasteiger partial charge in [0, 0.05) is 38.1 Å². The number of hydrogen-bond donors (Lipinski definition) is 1. The lowest BCUT2D eigenvalue weighted by molar-refractivity contribution is 0.625. The lowest BCUT2D eigenvalue weighted by Crippen LogP contribution is -2.19. The number of hydrogen-bond acceptors (Lipinski definition) is 4. The van der Waals surface area contributed by atoms with Crippen molar-refractivity contribution >= 4 is 5.95 Å². The highest BCUT2D eigenvalue weighted by atomic mass is 19.1. The first-order valence-electron chi connectivity index (χ1n) is 6.10. The standard InChI is InChI=1S/C14H17FN4/c1-16-7-12-8-17-14(18-9-12)19(2)10-11-4-3-5-13(15)6-11/h3-6,8-9,16H,7,10H2,1-2H3. The average molecular weight is 260 g/mol. The molecule has 0 aliphatic rings. The van der Waals surface area contributed by atoms with E-state index in [2.05, 4.69) is 15.3 Å². The summed E-state index contributed by atoms with van der Waals surface area (Å²) < 4.78 is 13.1. The van der Waals surface area contributed by atoms with Gasteiger partial charge in [0.1, 0.15) is 5.82 Å². The third kappa shape index (κ3) is 3.72. The average Bonchev–Trinajstić information content (AvgIpc) is 2.40. The lowest BCUT2D eigenvalue weighted by atomic mass is 10.2. The summed E-state index contributed by atoms with van der Waals surface area (Å²) >= 11 is 0. The van der Waals surface area contributed by atoms with E-state index < -0.39 is 0 Å². The Morgan fingerprint density at radius 1 is 1.21 bits per heavy atom. The minimum atomic E-state index is -0.226. The van der Waals surface area contributed by atoms with Crippen molar-refractivity contribution in [3.63, 3.8) is 0 Å². The fraction of sp³-hybridized carbons (Fsp3) is 0.286. The van der Waals surface area contributed by atoms with Crippen molar-refractivity contribution < 1.29 is 4.39 Å². The van der Waals surface area contributed by atoms with Crippen LogP contribution in [0.25, 0.3) is 0 Å². The Kier molecular flexibility index (Phi) is 4.41. The second kappa shape index (κ2) is 6.24. The second-order valence-corrected chi connectivity index (χ2v) is 4.41. The van der Waals surface area contributed by atoms with Crippen molar-refractivity contribution in [1.29, 1.82) is 0 Å². The highest BCUT2D eigenvalue weighted by molar-refractivity contribution is 5.31. The van der Waals surface area contributed by atoms with Gasteiger partial charge in [-0.2, -0.15) is 0 Å². The van der Waals surface area contributed by atoms with Crippen molar-refractivity contribution in [2.24, 2.45) is 0 Å². The van der Waals surface area contributed by atoms with Crippen molar-refractivity contribution in [2.45, 2.75) is 13.1 Å². The van der Waals surface area contributed by atoms with E-state index in [1.165, 1.54) is 12.1 Å². The monoisotopic (exact) mass is 260 g/mol. The second-order valence-electron chi connectivity index (χ2n) is 4.41.